The lowest BCUT2D eigenvalue weighted by atomic mass is 10.1. The molecule has 94 valence electrons. The topological polar surface area (TPSA) is 29.5 Å². The number of nitrogens with zero attached hydrogens (tertiary/aromatic N) is 1. The van der Waals surface area contributed by atoms with Crippen molar-refractivity contribution in [1.82, 2.24) is 0 Å². The van der Waals surface area contributed by atoms with E-state index in [0.29, 0.717) is 12.6 Å². The summed E-state index contributed by atoms with van der Waals surface area (Å²) in [5.74, 6) is 0. The van der Waals surface area contributed by atoms with Crippen molar-refractivity contribution < 1.29 is 9.53 Å². The Morgan fingerprint density at radius 3 is 2.71 bits per heavy atom. The van der Waals surface area contributed by atoms with Crippen molar-refractivity contribution in [3.8, 4) is 0 Å². The highest BCUT2D eigenvalue weighted by molar-refractivity contribution is 5.84. The Labute approximate surface area is 103 Å². The van der Waals surface area contributed by atoms with Crippen molar-refractivity contribution in [1.29, 1.82) is 0 Å². The fraction of sp³-hybridized carbons (Fsp3) is 0.500. The third-order valence-electron chi connectivity index (χ3n) is 3.03. The summed E-state index contributed by atoms with van der Waals surface area (Å²) >= 11 is 0. The van der Waals surface area contributed by atoms with Crippen LogP contribution < -0.4 is 4.90 Å². The van der Waals surface area contributed by atoms with Crippen LogP contribution in [0.2, 0.25) is 0 Å². The van der Waals surface area contributed by atoms with E-state index in [1.165, 1.54) is 0 Å². The molecule has 0 spiro atoms. The van der Waals surface area contributed by atoms with Gasteiger partial charge >= 0.3 is 0 Å². The quantitative estimate of drug-likeness (QED) is 0.681. The lowest BCUT2D eigenvalue weighted by Gasteiger charge is -2.31. The van der Waals surface area contributed by atoms with E-state index in [9.17, 15) is 4.79 Å². The third-order valence-corrected chi connectivity index (χ3v) is 3.03. The van der Waals surface area contributed by atoms with Crippen LogP contribution in [0.15, 0.2) is 24.3 Å². The zero-order chi connectivity index (χ0) is 12.7. The number of anilines is 1. The molecule has 3 heteroatoms. The third kappa shape index (κ3) is 3.56. The highest BCUT2D eigenvalue weighted by atomic mass is 16.5. The zero-order valence-corrected chi connectivity index (χ0v) is 10.8. The molecule has 0 aliphatic heterocycles. The monoisotopic (exact) mass is 235 g/mol. The van der Waals surface area contributed by atoms with Crippen LogP contribution in [0.4, 0.5) is 5.69 Å². The molecule has 0 aromatic heterocycles. The average molecular weight is 235 g/mol. The minimum atomic E-state index is 0.395. The summed E-state index contributed by atoms with van der Waals surface area (Å²) in [6, 6.07) is 8.09. The first-order valence-electron chi connectivity index (χ1n) is 6.04. The highest BCUT2D eigenvalue weighted by Crippen LogP contribution is 2.22. The summed E-state index contributed by atoms with van der Waals surface area (Å²) in [5, 5.41) is 0. The Hall–Kier alpha value is -1.35. The van der Waals surface area contributed by atoms with Crippen molar-refractivity contribution in [2.24, 2.45) is 0 Å². The van der Waals surface area contributed by atoms with Crippen molar-refractivity contribution in [3.05, 3.63) is 29.8 Å². The SMILES string of the molecule is CCC(C)N(CCOC)c1ccccc1C=O. The summed E-state index contributed by atoms with van der Waals surface area (Å²) in [6.07, 6.45) is 1.95. The van der Waals surface area contributed by atoms with Crippen LogP contribution in [0, 0.1) is 0 Å². The molecule has 1 rings (SSSR count). The van der Waals surface area contributed by atoms with Crippen LogP contribution >= 0.6 is 0 Å². The van der Waals surface area contributed by atoms with Crippen molar-refractivity contribution in [2.75, 3.05) is 25.2 Å². The van der Waals surface area contributed by atoms with E-state index in [2.05, 4.69) is 18.7 Å². The lowest BCUT2D eigenvalue weighted by Crippen LogP contribution is -2.36. The minimum Gasteiger partial charge on any atom is -0.383 e. The van der Waals surface area contributed by atoms with Gasteiger partial charge in [0.15, 0.2) is 6.29 Å². The molecule has 0 radical (unpaired) electrons. The second kappa shape index (κ2) is 7.07. The summed E-state index contributed by atoms with van der Waals surface area (Å²) in [6.45, 7) is 5.78. The highest BCUT2D eigenvalue weighted by Gasteiger charge is 2.15. The molecular weight excluding hydrogens is 214 g/mol. The molecule has 0 saturated carbocycles. The van der Waals surface area contributed by atoms with E-state index < -0.39 is 0 Å². The summed E-state index contributed by atoms with van der Waals surface area (Å²) in [4.78, 5) is 13.3. The number of hydrogen-bond acceptors (Lipinski definition) is 3. The molecule has 0 bridgehead atoms. The number of para-hydroxylation sites is 1. The minimum absolute atomic E-state index is 0.395. The molecule has 1 aromatic carbocycles. The molecule has 1 atom stereocenters. The maximum absolute atomic E-state index is 11.1. The summed E-state index contributed by atoms with van der Waals surface area (Å²) in [7, 11) is 1.69. The van der Waals surface area contributed by atoms with E-state index in [1.54, 1.807) is 7.11 Å². The molecule has 0 aliphatic rings. The number of aldehydes is 1. The first-order valence-corrected chi connectivity index (χ1v) is 6.04. The Morgan fingerprint density at radius 1 is 1.41 bits per heavy atom. The van der Waals surface area contributed by atoms with Gasteiger partial charge in [0.25, 0.3) is 0 Å². The molecule has 0 aliphatic carbocycles. The predicted octanol–water partition coefficient (Wildman–Crippen LogP) is 2.75. The van der Waals surface area contributed by atoms with E-state index in [-0.39, 0.29) is 0 Å². The maximum atomic E-state index is 11.1. The molecule has 0 saturated heterocycles. The van der Waals surface area contributed by atoms with Gasteiger partial charge in [0.05, 0.1) is 6.61 Å². The molecule has 3 nitrogen and oxygen atoms in total. The van der Waals surface area contributed by atoms with Crippen LogP contribution in [-0.2, 0) is 4.74 Å². The predicted molar refractivity (Wildman–Crippen MR) is 70.8 cm³/mol. The fourth-order valence-electron chi connectivity index (χ4n) is 1.84. The zero-order valence-electron chi connectivity index (χ0n) is 10.8. The van der Waals surface area contributed by atoms with E-state index in [1.807, 2.05) is 24.3 Å². The van der Waals surface area contributed by atoms with Crippen LogP contribution in [-0.4, -0.2) is 32.6 Å². The number of hydrogen-bond donors (Lipinski definition) is 0. The first-order chi connectivity index (χ1) is 8.24. The Bertz CT molecular complexity index is 352. The molecule has 0 N–H and O–H groups in total. The van der Waals surface area contributed by atoms with Crippen LogP contribution in [0.5, 0.6) is 0 Å². The van der Waals surface area contributed by atoms with E-state index in [0.717, 1.165) is 30.5 Å². The molecule has 0 amide bonds. The normalized spacial score (nSPS) is 12.2. The smallest absolute Gasteiger partial charge is 0.152 e. The molecule has 0 fully saturated rings. The van der Waals surface area contributed by atoms with Crippen molar-refractivity contribution >= 4 is 12.0 Å². The number of rotatable bonds is 7. The van der Waals surface area contributed by atoms with Gasteiger partial charge in [0.1, 0.15) is 0 Å². The van der Waals surface area contributed by atoms with Crippen LogP contribution in [0.1, 0.15) is 30.6 Å². The van der Waals surface area contributed by atoms with Gasteiger partial charge in [0, 0.05) is 30.9 Å². The van der Waals surface area contributed by atoms with Gasteiger partial charge in [-0.3, -0.25) is 4.79 Å². The molecule has 1 aromatic rings. The first kappa shape index (κ1) is 13.7. The Kier molecular flexibility index (Phi) is 5.70. The number of carbonyl (C=O) groups excluding carboxylic acids is 1. The van der Waals surface area contributed by atoms with Crippen molar-refractivity contribution in [3.63, 3.8) is 0 Å². The number of benzene rings is 1. The van der Waals surface area contributed by atoms with E-state index in [4.69, 9.17) is 4.74 Å². The fourth-order valence-corrected chi connectivity index (χ4v) is 1.84. The number of ether oxygens (including phenoxy) is 1. The Balaban J connectivity index is 2.98. The van der Waals surface area contributed by atoms with Gasteiger partial charge in [-0.15, -0.1) is 0 Å². The van der Waals surface area contributed by atoms with Gasteiger partial charge in [-0.1, -0.05) is 19.1 Å². The van der Waals surface area contributed by atoms with Crippen LogP contribution in [0.25, 0.3) is 0 Å². The molecule has 1 unspecified atom stereocenters. The van der Waals surface area contributed by atoms with Gasteiger partial charge < -0.3 is 9.64 Å². The number of carbonyl (C=O) groups is 1. The van der Waals surface area contributed by atoms with Gasteiger partial charge in [0.2, 0.25) is 0 Å². The second-order valence-corrected chi connectivity index (χ2v) is 4.12. The Morgan fingerprint density at radius 2 is 2.12 bits per heavy atom. The maximum Gasteiger partial charge on any atom is 0.152 e. The summed E-state index contributed by atoms with van der Waals surface area (Å²) in [5.41, 5.74) is 1.73. The van der Waals surface area contributed by atoms with Crippen LogP contribution in [0.3, 0.4) is 0 Å². The molecular formula is C14H21NO2. The lowest BCUT2D eigenvalue weighted by molar-refractivity contribution is 0.112. The second-order valence-electron chi connectivity index (χ2n) is 4.12. The largest absolute Gasteiger partial charge is 0.383 e. The summed E-state index contributed by atoms with van der Waals surface area (Å²) < 4.78 is 5.13. The standard InChI is InChI=1S/C14H21NO2/c1-4-12(2)15(9-10-17-3)14-8-6-5-7-13(14)11-16/h5-8,11-12H,4,9-10H2,1-3H3. The van der Waals surface area contributed by atoms with Gasteiger partial charge in [-0.05, 0) is 25.5 Å². The molecule has 17 heavy (non-hydrogen) atoms. The number of methoxy groups -OCH3 is 1. The van der Waals surface area contributed by atoms with Gasteiger partial charge in [-0.25, -0.2) is 0 Å². The van der Waals surface area contributed by atoms with Gasteiger partial charge in [-0.2, -0.15) is 0 Å². The van der Waals surface area contributed by atoms with Crippen molar-refractivity contribution in [2.45, 2.75) is 26.3 Å². The van der Waals surface area contributed by atoms with E-state index >= 15 is 0 Å². The molecule has 0 heterocycles. The average Bonchev–Trinajstić information content (AvgIpc) is 2.39.